The molecule has 0 aromatic heterocycles. The van der Waals surface area contributed by atoms with Crippen molar-refractivity contribution in [1.29, 1.82) is 0 Å². The van der Waals surface area contributed by atoms with Crippen LogP contribution in [0.3, 0.4) is 0 Å². The van der Waals surface area contributed by atoms with Crippen molar-refractivity contribution in [2.75, 3.05) is 13.2 Å². The highest BCUT2D eigenvalue weighted by molar-refractivity contribution is 5.29. The predicted octanol–water partition coefficient (Wildman–Crippen LogP) is 4.74. The molecule has 0 spiro atoms. The fourth-order valence-corrected chi connectivity index (χ4v) is 2.73. The Morgan fingerprint density at radius 2 is 1.38 bits per heavy atom. The van der Waals surface area contributed by atoms with Crippen molar-refractivity contribution < 1.29 is 9.47 Å². The lowest BCUT2D eigenvalue weighted by Gasteiger charge is -2.11. The molecule has 0 aliphatic carbocycles. The first kappa shape index (κ1) is 18.0. The summed E-state index contributed by atoms with van der Waals surface area (Å²) in [7, 11) is 0. The topological polar surface area (TPSA) is 30.5 Å². The van der Waals surface area contributed by atoms with Gasteiger partial charge in [0.15, 0.2) is 0 Å². The van der Waals surface area contributed by atoms with Crippen molar-refractivity contribution in [2.24, 2.45) is 0 Å². The third-order valence-corrected chi connectivity index (χ3v) is 4.17. The Morgan fingerprint density at radius 3 is 2.19 bits per heavy atom. The number of hydrogen-bond donors (Lipinski definition) is 1. The summed E-state index contributed by atoms with van der Waals surface area (Å²) in [5.74, 6) is 1.74. The van der Waals surface area contributed by atoms with Gasteiger partial charge in [-0.3, -0.25) is 0 Å². The van der Waals surface area contributed by atoms with Crippen LogP contribution in [0, 0.1) is 6.92 Å². The standard InChI is InChI=1S/C23H25NO2/c1-19-8-5-6-10-21(19)18-24-17-20-9-7-13-23(16-20)26-15-14-25-22-11-3-2-4-12-22/h2-13,16,24H,14-15,17-18H2,1H3. The van der Waals surface area contributed by atoms with Crippen molar-refractivity contribution in [3.05, 3.63) is 95.6 Å². The Hall–Kier alpha value is -2.78. The molecule has 3 heteroatoms. The Morgan fingerprint density at radius 1 is 0.692 bits per heavy atom. The average molecular weight is 347 g/mol. The molecule has 0 unspecified atom stereocenters. The van der Waals surface area contributed by atoms with E-state index in [0.29, 0.717) is 13.2 Å². The molecule has 3 rings (SSSR count). The SMILES string of the molecule is Cc1ccccc1CNCc1cccc(OCCOc2ccccc2)c1. The number of nitrogens with one attached hydrogen (secondary N) is 1. The van der Waals surface area contributed by atoms with Crippen molar-refractivity contribution >= 4 is 0 Å². The third kappa shape index (κ3) is 5.64. The highest BCUT2D eigenvalue weighted by Gasteiger charge is 2.00. The molecular weight excluding hydrogens is 322 g/mol. The molecule has 3 nitrogen and oxygen atoms in total. The van der Waals surface area contributed by atoms with Crippen LogP contribution in [0.4, 0.5) is 0 Å². The van der Waals surface area contributed by atoms with Gasteiger partial charge in [0.1, 0.15) is 24.7 Å². The summed E-state index contributed by atoms with van der Waals surface area (Å²) in [6, 6.07) is 26.4. The first-order valence-electron chi connectivity index (χ1n) is 8.96. The fourth-order valence-electron chi connectivity index (χ4n) is 2.73. The maximum Gasteiger partial charge on any atom is 0.122 e. The Labute approximate surface area is 155 Å². The molecule has 0 atom stereocenters. The lowest BCUT2D eigenvalue weighted by Crippen LogP contribution is -2.13. The molecular formula is C23H25NO2. The summed E-state index contributed by atoms with van der Waals surface area (Å²) < 4.78 is 11.4. The van der Waals surface area contributed by atoms with Crippen LogP contribution in [0.5, 0.6) is 11.5 Å². The normalized spacial score (nSPS) is 10.5. The lowest BCUT2D eigenvalue weighted by molar-refractivity contribution is 0.217. The second-order valence-corrected chi connectivity index (χ2v) is 6.19. The highest BCUT2D eigenvalue weighted by Crippen LogP contribution is 2.14. The van der Waals surface area contributed by atoms with E-state index in [-0.39, 0.29) is 0 Å². The highest BCUT2D eigenvalue weighted by atomic mass is 16.5. The molecule has 1 N–H and O–H groups in total. The molecule has 0 bridgehead atoms. The van der Waals surface area contributed by atoms with E-state index in [1.165, 1.54) is 16.7 Å². The number of ether oxygens (including phenoxy) is 2. The number of hydrogen-bond acceptors (Lipinski definition) is 3. The monoisotopic (exact) mass is 347 g/mol. The van der Waals surface area contributed by atoms with E-state index < -0.39 is 0 Å². The smallest absolute Gasteiger partial charge is 0.122 e. The second kappa shape index (κ2) is 9.64. The predicted molar refractivity (Wildman–Crippen MR) is 106 cm³/mol. The van der Waals surface area contributed by atoms with E-state index in [9.17, 15) is 0 Å². The first-order valence-corrected chi connectivity index (χ1v) is 8.96. The molecule has 0 saturated heterocycles. The minimum absolute atomic E-state index is 0.523. The van der Waals surface area contributed by atoms with Gasteiger partial charge in [0.05, 0.1) is 0 Å². The summed E-state index contributed by atoms with van der Waals surface area (Å²) in [4.78, 5) is 0. The van der Waals surface area contributed by atoms with Crippen molar-refractivity contribution in [2.45, 2.75) is 20.0 Å². The Bertz CT molecular complexity index is 802. The van der Waals surface area contributed by atoms with Gasteiger partial charge in [0, 0.05) is 13.1 Å². The minimum atomic E-state index is 0.523. The zero-order valence-electron chi connectivity index (χ0n) is 15.2. The quantitative estimate of drug-likeness (QED) is 0.567. The molecule has 0 aliphatic rings. The number of aryl methyl sites for hydroxylation is 1. The first-order chi connectivity index (χ1) is 12.8. The van der Waals surface area contributed by atoms with Crippen LogP contribution >= 0.6 is 0 Å². The van der Waals surface area contributed by atoms with E-state index in [2.05, 4.69) is 48.6 Å². The number of para-hydroxylation sites is 1. The van der Waals surface area contributed by atoms with Crippen LogP contribution in [0.2, 0.25) is 0 Å². The number of benzene rings is 3. The van der Waals surface area contributed by atoms with Crippen LogP contribution < -0.4 is 14.8 Å². The molecule has 0 aliphatic heterocycles. The summed E-state index contributed by atoms with van der Waals surface area (Å²) in [5.41, 5.74) is 3.86. The van der Waals surface area contributed by atoms with Crippen LogP contribution in [-0.4, -0.2) is 13.2 Å². The second-order valence-electron chi connectivity index (χ2n) is 6.19. The molecule has 0 fully saturated rings. The maximum absolute atomic E-state index is 5.80. The summed E-state index contributed by atoms with van der Waals surface area (Å²) in [6.07, 6.45) is 0. The van der Waals surface area contributed by atoms with Gasteiger partial charge in [0.2, 0.25) is 0 Å². The van der Waals surface area contributed by atoms with Crippen molar-refractivity contribution in [3.8, 4) is 11.5 Å². The Balaban J connectivity index is 1.42. The summed E-state index contributed by atoms with van der Waals surface area (Å²) >= 11 is 0. The minimum Gasteiger partial charge on any atom is -0.490 e. The largest absolute Gasteiger partial charge is 0.490 e. The van der Waals surface area contributed by atoms with Gasteiger partial charge in [-0.1, -0.05) is 54.6 Å². The third-order valence-electron chi connectivity index (χ3n) is 4.17. The fraction of sp³-hybridized carbons (Fsp3) is 0.217. The molecule has 0 radical (unpaired) electrons. The van der Waals surface area contributed by atoms with Crippen molar-refractivity contribution in [3.63, 3.8) is 0 Å². The summed E-state index contributed by atoms with van der Waals surface area (Å²) in [6.45, 7) is 4.87. The van der Waals surface area contributed by atoms with E-state index >= 15 is 0 Å². The average Bonchev–Trinajstić information content (AvgIpc) is 2.68. The zero-order chi connectivity index (χ0) is 18.0. The molecule has 0 amide bonds. The van der Waals surface area contributed by atoms with Gasteiger partial charge in [-0.15, -0.1) is 0 Å². The van der Waals surface area contributed by atoms with E-state index in [0.717, 1.165) is 24.6 Å². The van der Waals surface area contributed by atoms with Gasteiger partial charge < -0.3 is 14.8 Å². The molecule has 0 saturated carbocycles. The maximum atomic E-state index is 5.80. The van der Waals surface area contributed by atoms with Crippen molar-refractivity contribution in [1.82, 2.24) is 5.32 Å². The van der Waals surface area contributed by atoms with Gasteiger partial charge in [0.25, 0.3) is 0 Å². The molecule has 0 heterocycles. The number of rotatable bonds is 9. The van der Waals surface area contributed by atoms with Crippen LogP contribution in [0.15, 0.2) is 78.9 Å². The van der Waals surface area contributed by atoms with E-state index in [1.54, 1.807) is 0 Å². The van der Waals surface area contributed by atoms with E-state index in [1.807, 2.05) is 42.5 Å². The molecule has 3 aromatic rings. The van der Waals surface area contributed by atoms with Crippen LogP contribution in [-0.2, 0) is 13.1 Å². The van der Waals surface area contributed by atoms with Crippen LogP contribution in [0.25, 0.3) is 0 Å². The van der Waals surface area contributed by atoms with Crippen LogP contribution in [0.1, 0.15) is 16.7 Å². The lowest BCUT2D eigenvalue weighted by atomic mass is 10.1. The molecule has 3 aromatic carbocycles. The van der Waals surface area contributed by atoms with E-state index in [4.69, 9.17) is 9.47 Å². The van der Waals surface area contributed by atoms with Gasteiger partial charge in [-0.2, -0.15) is 0 Å². The van der Waals surface area contributed by atoms with Gasteiger partial charge in [-0.25, -0.2) is 0 Å². The zero-order valence-corrected chi connectivity index (χ0v) is 15.2. The van der Waals surface area contributed by atoms with Gasteiger partial charge in [-0.05, 0) is 47.9 Å². The van der Waals surface area contributed by atoms with Gasteiger partial charge >= 0.3 is 0 Å². The molecule has 26 heavy (non-hydrogen) atoms. The Kier molecular flexibility index (Phi) is 6.68. The summed E-state index contributed by atoms with van der Waals surface area (Å²) in [5, 5.41) is 3.49. The molecule has 134 valence electrons.